The van der Waals surface area contributed by atoms with Gasteiger partial charge in [0, 0.05) is 22.8 Å². The van der Waals surface area contributed by atoms with E-state index in [1.165, 1.54) is 11.8 Å². The predicted molar refractivity (Wildman–Crippen MR) is 118 cm³/mol. The van der Waals surface area contributed by atoms with Crippen LogP contribution in [-0.4, -0.2) is 39.0 Å². The maximum Gasteiger partial charge on any atom is 0.338 e. The number of carbonyl (C=O) groups excluding carboxylic acids is 2. The Bertz CT molecular complexity index is 1040. The number of ether oxygens (including phenoxy) is 1. The molecule has 0 saturated heterocycles. The average molecular weight is 445 g/mol. The van der Waals surface area contributed by atoms with Crippen LogP contribution in [0.2, 0.25) is 5.02 Å². The van der Waals surface area contributed by atoms with Gasteiger partial charge < -0.3 is 14.6 Å². The fraction of sp³-hybridized carbons (Fsp3) is 0.238. The summed E-state index contributed by atoms with van der Waals surface area (Å²) in [6.45, 7) is 4.72. The Morgan fingerprint density at radius 3 is 2.57 bits per heavy atom. The maximum absolute atomic E-state index is 12.3. The van der Waals surface area contributed by atoms with Gasteiger partial charge in [0.1, 0.15) is 0 Å². The molecule has 0 atom stereocenters. The van der Waals surface area contributed by atoms with Gasteiger partial charge >= 0.3 is 5.97 Å². The fourth-order valence-corrected chi connectivity index (χ4v) is 3.75. The van der Waals surface area contributed by atoms with Crippen LogP contribution in [0.1, 0.15) is 24.2 Å². The SMILES string of the molecule is CCOC(=O)c1ccc(NC(=O)CSc2nnc(-c3cccc(Cl)c3)n2CC)cc1. The number of esters is 1. The zero-order valence-corrected chi connectivity index (χ0v) is 18.2. The highest BCUT2D eigenvalue weighted by atomic mass is 35.5. The lowest BCUT2D eigenvalue weighted by Crippen LogP contribution is -2.15. The van der Waals surface area contributed by atoms with E-state index in [1.807, 2.05) is 29.7 Å². The molecule has 0 aliphatic heterocycles. The highest BCUT2D eigenvalue weighted by Gasteiger charge is 2.15. The van der Waals surface area contributed by atoms with Crippen LogP contribution < -0.4 is 5.32 Å². The Kier molecular flexibility index (Phi) is 7.48. The summed E-state index contributed by atoms with van der Waals surface area (Å²) in [6.07, 6.45) is 0. The molecule has 3 aromatic rings. The van der Waals surface area contributed by atoms with Gasteiger partial charge in [-0.1, -0.05) is 35.5 Å². The van der Waals surface area contributed by atoms with Crippen molar-refractivity contribution in [1.82, 2.24) is 14.8 Å². The quantitative estimate of drug-likeness (QED) is 0.406. The van der Waals surface area contributed by atoms with Crippen LogP contribution in [0.15, 0.2) is 53.7 Å². The van der Waals surface area contributed by atoms with E-state index in [1.54, 1.807) is 37.3 Å². The molecule has 9 heteroatoms. The van der Waals surface area contributed by atoms with E-state index < -0.39 is 0 Å². The molecule has 156 valence electrons. The second-order valence-electron chi connectivity index (χ2n) is 6.20. The van der Waals surface area contributed by atoms with Crippen molar-refractivity contribution in [1.29, 1.82) is 0 Å². The predicted octanol–water partition coefficient (Wildman–Crippen LogP) is 4.53. The third kappa shape index (κ3) is 5.40. The van der Waals surface area contributed by atoms with Crippen LogP contribution in [0.4, 0.5) is 5.69 Å². The summed E-state index contributed by atoms with van der Waals surface area (Å²) < 4.78 is 6.89. The molecule has 1 N–H and O–H groups in total. The molecule has 2 aromatic carbocycles. The first-order chi connectivity index (χ1) is 14.5. The van der Waals surface area contributed by atoms with E-state index in [9.17, 15) is 9.59 Å². The lowest BCUT2D eigenvalue weighted by Gasteiger charge is -2.08. The number of halogens is 1. The zero-order chi connectivity index (χ0) is 21.5. The molecule has 0 aliphatic rings. The normalized spacial score (nSPS) is 10.6. The van der Waals surface area contributed by atoms with Gasteiger partial charge in [0.05, 0.1) is 17.9 Å². The minimum atomic E-state index is -0.389. The number of rotatable bonds is 8. The lowest BCUT2D eigenvalue weighted by molar-refractivity contribution is -0.113. The van der Waals surface area contributed by atoms with Crippen molar-refractivity contribution in [3.63, 3.8) is 0 Å². The molecule has 3 rings (SSSR count). The summed E-state index contributed by atoms with van der Waals surface area (Å²) in [5, 5.41) is 12.6. The van der Waals surface area contributed by atoms with Gasteiger partial charge in [0.2, 0.25) is 5.91 Å². The third-order valence-electron chi connectivity index (χ3n) is 4.13. The summed E-state index contributed by atoms with van der Waals surface area (Å²) in [7, 11) is 0. The molecule has 1 amide bonds. The number of anilines is 1. The van der Waals surface area contributed by atoms with Crippen molar-refractivity contribution >= 4 is 40.9 Å². The third-order valence-corrected chi connectivity index (χ3v) is 5.33. The van der Waals surface area contributed by atoms with Crippen LogP contribution in [-0.2, 0) is 16.1 Å². The number of nitrogens with zero attached hydrogens (tertiary/aromatic N) is 3. The Morgan fingerprint density at radius 2 is 1.90 bits per heavy atom. The van der Waals surface area contributed by atoms with E-state index in [0.29, 0.717) is 40.4 Å². The molecule has 30 heavy (non-hydrogen) atoms. The standard InChI is InChI=1S/C21H21ClN4O3S/c1-3-26-19(15-6-5-7-16(22)12-15)24-25-21(26)30-13-18(27)23-17-10-8-14(9-11-17)20(28)29-4-2/h5-12H,3-4,13H2,1-2H3,(H,23,27). The van der Waals surface area contributed by atoms with E-state index in [-0.39, 0.29) is 17.6 Å². The monoisotopic (exact) mass is 444 g/mol. The molecular formula is C21H21ClN4O3S. The minimum Gasteiger partial charge on any atom is -0.462 e. The smallest absolute Gasteiger partial charge is 0.338 e. The summed E-state index contributed by atoms with van der Waals surface area (Å²) in [5.74, 6) is 0.310. The maximum atomic E-state index is 12.3. The molecule has 0 unspecified atom stereocenters. The molecule has 0 spiro atoms. The number of aromatic nitrogens is 3. The van der Waals surface area contributed by atoms with Crippen LogP contribution in [0.25, 0.3) is 11.4 Å². The second-order valence-corrected chi connectivity index (χ2v) is 7.57. The fourth-order valence-electron chi connectivity index (χ4n) is 2.75. The van der Waals surface area contributed by atoms with Crippen LogP contribution in [0.3, 0.4) is 0 Å². The molecule has 1 heterocycles. The topological polar surface area (TPSA) is 86.1 Å². The molecule has 7 nitrogen and oxygen atoms in total. The van der Waals surface area contributed by atoms with E-state index in [0.717, 1.165) is 5.56 Å². The molecular weight excluding hydrogens is 424 g/mol. The van der Waals surface area contributed by atoms with Crippen LogP contribution in [0.5, 0.6) is 0 Å². The van der Waals surface area contributed by atoms with Crippen LogP contribution in [0, 0.1) is 0 Å². The van der Waals surface area contributed by atoms with Crippen molar-refractivity contribution in [2.45, 2.75) is 25.5 Å². The van der Waals surface area contributed by atoms with Gasteiger partial charge in [0.15, 0.2) is 11.0 Å². The van der Waals surface area contributed by atoms with Crippen LogP contribution >= 0.6 is 23.4 Å². The first-order valence-electron chi connectivity index (χ1n) is 9.40. The minimum absolute atomic E-state index is 0.174. The number of amides is 1. The zero-order valence-electron chi connectivity index (χ0n) is 16.6. The molecule has 0 saturated carbocycles. The van der Waals surface area contributed by atoms with Crippen molar-refractivity contribution in [2.75, 3.05) is 17.7 Å². The summed E-state index contributed by atoms with van der Waals surface area (Å²) in [5.41, 5.74) is 1.91. The van der Waals surface area contributed by atoms with Gasteiger partial charge in [-0.2, -0.15) is 0 Å². The van der Waals surface area contributed by atoms with Gasteiger partial charge in [-0.15, -0.1) is 10.2 Å². The summed E-state index contributed by atoms with van der Waals surface area (Å²) in [6, 6.07) is 14.0. The largest absolute Gasteiger partial charge is 0.462 e. The Morgan fingerprint density at radius 1 is 1.13 bits per heavy atom. The van der Waals surface area contributed by atoms with Crippen molar-refractivity contribution in [3.8, 4) is 11.4 Å². The van der Waals surface area contributed by atoms with E-state index in [4.69, 9.17) is 16.3 Å². The number of nitrogens with one attached hydrogen (secondary N) is 1. The highest BCUT2D eigenvalue weighted by molar-refractivity contribution is 7.99. The molecule has 1 aromatic heterocycles. The van der Waals surface area contributed by atoms with Gasteiger partial charge in [0.25, 0.3) is 0 Å². The van der Waals surface area contributed by atoms with E-state index in [2.05, 4.69) is 15.5 Å². The number of carbonyl (C=O) groups is 2. The Hall–Kier alpha value is -2.84. The van der Waals surface area contributed by atoms with E-state index >= 15 is 0 Å². The summed E-state index contributed by atoms with van der Waals surface area (Å²) in [4.78, 5) is 24.0. The number of hydrogen-bond acceptors (Lipinski definition) is 6. The first-order valence-corrected chi connectivity index (χ1v) is 10.8. The Balaban J connectivity index is 1.62. The Labute approximate surface area is 183 Å². The lowest BCUT2D eigenvalue weighted by atomic mass is 10.2. The van der Waals surface area contributed by atoms with Crippen molar-refractivity contribution in [3.05, 3.63) is 59.1 Å². The van der Waals surface area contributed by atoms with Gasteiger partial charge in [-0.25, -0.2) is 4.79 Å². The number of hydrogen-bond donors (Lipinski definition) is 1. The average Bonchev–Trinajstić information content (AvgIpc) is 3.16. The van der Waals surface area contributed by atoms with Crippen molar-refractivity contribution in [2.24, 2.45) is 0 Å². The second kappa shape index (κ2) is 10.3. The van der Waals surface area contributed by atoms with Crippen molar-refractivity contribution < 1.29 is 14.3 Å². The summed E-state index contributed by atoms with van der Waals surface area (Å²) >= 11 is 7.38. The van der Waals surface area contributed by atoms with Gasteiger partial charge in [-0.05, 0) is 50.2 Å². The van der Waals surface area contributed by atoms with Gasteiger partial charge in [-0.3, -0.25) is 4.79 Å². The number of benzene rings is 2. The number of thioether (sulfide) groups is 1. The first kappa shape index (κ1) is 21.9. The molecule has 0 fully saturated rings. The molecule has 0 radical (unpaired) electrons. The highest BCUT2D eigenvalue weighted by Crippen LogP contribution is 2.26. The molecule has 0 aliphatic carbocycles. The molecule has 0 bridgehead atoms.